The standard InChI is InChI=1S/C24H38N2O3.2CH2O2/c27-23-9-5-10-24(23)11-6-13-26(20-24)19-21-7-1-2-8-22(21)29-16-4-3-12-25-14-17-28-18-15-25;2*2-1-3/h1-2,7-8,23,27H,3-6,9-20H2;2*1H,(H,2,3)/t23-,24-;;/m1../s1. The molecule has 3 fully saturated rings. The molecule has 1 saturated carbocycles. The maximum Gasteiger partial charge on any atom is 0.290 e. The van der Waals surface area contributed by atoms with E-state index in [9.17, 15) is 5.11 Å². The molecule has 9 nitrogen and oxygen atoms in total. The van der Waals surface area contributed by atoms with Crippen LogP contribution >= 0.6 is 0 Å². The van der Waals surface area contributed by atoms with Crippen molar-refractivity contribution < 1.29 is 34.4 Å². The summed E-state index contributed by atoms with van der Waals surface area (Å²) in [5.74, 6) is 1.03. The first-order valence-corrected chi connectivity index (χ1v) is 12.7. The smallest absolute Gasteiger partial charge is 0.290 e. The summed E-state index contributed by atoms with van der Waals surface area (Å²) in [6, 6.07) is 8.51. The normalized spacial score (nSPS) is 24.5. The van der Waals surface area contributed by atoms with E-state index in [4.69, 9.17) is 29.3 Å². The number of morpholine rings is 1. The number of ether oxygens (including phenoxy) is 2. The Morgan fingerprint density at radius 2 is 1.69 bits per heavy atom. The van der Waals surface area contributed by atoms with Crippen LogP contribution < -0.4 is 4.74 Å². The summed E-state index contributed by atoms with van der Waals surface area (Å²) in [5.41, 5.74) is 1.43. The number of para-hydroxylation sites is 1. The molecular weight excluding hydrogens is 452 g/mol. The van der Waals surface area contributed by atoms with Gasteiger partial charge in [-0.3, -0.25) is 19.4 Å². The van der Waals surface area contributed by atoms with E-state index in [1.807, 2.05) is 0 Å². The minimum Gasteiger partial charge on any atom is -0.493 e. The fraction of sp³-hybridized carbons (Fsp3) is 0.692. The van der Waals surface area contributed by atoms with Crippen molar-refractivity contribution in [3.8, 4) is 5.75 Å². The molecule has 35 heavy (non-hydrogen) atoms. The van der Waals surface area contributed by atoms with Crippen molar-refractivity contribution >= 4 is 12.9 Å². The van der Waals surface area contributed by atoms with Crippen LogP contribution in [0.4, 0.5) is 0 Å². The average molecular weight is 495 g/mol. The maximum atomic E-state index is 10.5. The first-order chi connectivity index (χ1) is 17.1. The highest BCUT2D eigenvalue weighted by Crippen LogP contribution is 2.45. The number of likely N-dealkylation sites (tertiary alicyclic amines) is 1. The van der Waals surface area contributed by atoms with Crippen LogP contribution in [0.5, 0.6) is 5.75 Å². The van der Waals surface area contributed by atoms with Crippen LogP contribution in [0.1, 0.15) is 50.5 Å². The van der Waals surface area contributed by atoms with Crippen LogP contribution in [0, 0.1) is 5.41 Å². The van der Waals surface area contributed by atoms with Crippen LogP contribution in [0.2, 0.25) is 0 Å². The molecule has 1 aliphatic carbocycles. The monoisotopic (exact) mass is 494 g/mol. The number of carbonyl (C=O) groups is 2. The molecule has 2 heterocycles. The van der Waals surface area contributed by atoms with E-state index in [2.05, 4.69) is 34.1 Å². The molecule has 0 unspecified atom stereocenters. The van der Waals surface area contributed by atoms with Gasteiger partial charge in [0.25, 0.3) is 12.9 Å². The van der Waals surface area contributed by atoms with Crippen molar-refractivity contribution in [1.82, 2.24) is 9.80 Å². The van der Waals surface area contributed by atoms with E-state index >= 15 is 0 Å². The van der Waals surface area contributed by atoms with Gasteiger partial charge in [-0.1, -0.05) is 24.6 Å². The molecule has 0 radical (unpaired) electrons. The van der Waals surface area contributed by atoms with Crippen LogP contribution in [-0.4, -0.2) is 96.7 Å². The third kappa shape index (κ3) is 9.76. The number of piperidine rings is 1. The van der Waals surface area contributed by atoms with E-state index in [-0.39, 0.29) is 24.5 Å². The van der Waals surface area contributed by atoms with Gasteiger partial charge in [0, 0.05) is 37.2 Å². The summed E-state index contributed by atoms with van der Waals surface area (Å²) in [4.78, 5) is 21.7. The molecule has 0 aromatic heterocycles. The zero-order chi connectivity index (χ0) is 25.4. The SMILES string of the molecule is O=CO.O=CO.O[C@@H]1CCC[C@]12CCCN(Cc1ccccc1OCCCCN1CCOCC1)C2. The van der Waals surface area contributed by atoms with Gasteiger partial charge in [0.05, 0.1) is 25.9 Å². The van der Waals surface area contributed by atoms with E-state index < -0.39 is 0 Å². The van der Waals surface area contributed by atoms with Crippen LogP contribution in [-0.2, 0) is 20.9 Å². The predicted molar refractivity (Wildman–Crippen MR) is 133 cm³/mol. The van der Waals surface area contributed by atoms with Crippen molar-refractivity contribution in [3.05, 3.63) is 29.8 Å². The van der Waals surface area contributed by atoms with Gasteiger partial charge in [-0.15, -0.1) is 0 Å². The van der Waals surface area contributed by atoms with E-state index in [0.717, 1.165) is 77.7 Å². The fourth-order valence-electron chi connectivity index (χ4n) is 5.45. The van der Waals surface area contributed by atoms with Gasteiger partial charge in [-0.25, -0.2) is 0 Å². The molecule has 4 rings (SSSR count). The zero-order valence-electron chi connectivity index (χ0n) is 20.7. The van der Waals surface area contributed by atoms with Crippen molar-refractivity contribution in [3.63, 3.8) is 0 Å². The highest BCUT2D eigenvalue weighted by Gasteiger charge is 2.44. The lowest BCUT2D eigenvalue weighted by Gasteiger charge is -2.42. The molecule has 3 N–H and O–H groups in total. The number of carboxylic acid groups (broad SMARTS) is 2. The quantitative estimate of drug-likeness (QED) is 0.370. The van der Waals surface area contributed by atoms with Crippen LogP contribution in [0.15, 0.2) is 24.3 Å². The van der Waals surface area contributed by atoms with Gasteiger partial charge >= 0.3 is 0 Å². The number of aliphatic hydroxyl groups is 1. The lowest BCUT2D eigenvalue weighted by atomic mass is 9.76. The maximum absolute atomic E-state index is 10.5. The van der Waals surface area contributed by atoms with Crippen molar-refractivity contribution in [2.24, 2.45) is 5.41 Å². The second kappa shape index (κ2) is 16.5. The first-order valence-electron chi connectivity index (χ1n) is 12.7. The zero-order valence-corrected chi connectivity index (χ0v) is 20.7. The molecule has 2 aliphatic heterocycles. The summed E-state index contributed by atoms with van der Waals surface area (Å²) in [7, 11) is 0. The lowest BCUT2D eigenvalue weighted by molar-refractivity contribution is -0.123. The van der Waals surface area contributed by atoms with Crippen LogP contribution in [0.25, 0.3) is 0 Å². The number of benzene rings is 1. The molecule has 1 spiro atoms. The molecule has 2 atom stereocenters. The Morgan fingerprint density at radius 3 is 2.37 bits per heavy atom. The molecule has 9 heteroatoms. The molecular formula is C26H42N2O7. The number of hydrogen-bond donors (Lipinski definition) is 3. The Hall–Kier alpha value is -2.20. The number of unbranched alkanes of at least 4 members (excludes halogenated alkanes) is 1. The summed E-state index contributed by atoms with van der Waals surface area (Å²) < 4.78 is 11.6. The van der Waals surface area contributed by atoms with Gasteiger partial charge in [0.15, 0.2) is 0 Å². The minimum absolute atomic E-state index is 0.108. The number of hydrogen-bond acceptors (Lipinski definition) is 7. The Labute approximate surface area is 208 Å². The number of aliphatic hydroxyl groups excluding tert-OH is 1. The molecule has 198 valence electrons. The van der Waals surface area contributed by atoms with Crippen molar-refractivity contribution in [2.45, 2.75) is 57.6 Å². The summed E-state index contributed by atoms with van der Waals surface area (Å²) >= 11 is 0. The van der Waals surface area contributed by atoms with Gasteiger partial charge in [-0.2, -0.15) is 0 Å². The van der Waals surface area contributed by atoms with Gasteiger partial charge in [0.1, 0.15) is 5.75 Å². The van der Waals surface area contributed by atoms with Crippen molar-refractivity contribution in [1.29, 1.82) is 0 Å². The van der Waals surface area contributed by atoms with E-state index in [0.29, 0.717) is 0 Å². The average Bonchev–Trinajstić information content (AvgIpc) is 3.20. The summed E-state index contributed by atoms with van der Waals surface area (Å²) in [6.07, 6.45) is 7.89. The molecule has 0 amide bonds. The molecule has 1 aromatic carbocycles. The molecule has 1 aromatic rings. The van der Waals surface area contributed by atoms with E-state index in [1.165, 1.54) is 37.7 Å². The Bertz CT molecular complexity index is 723. The highest BCUT2D eigenvalue weighted by atomic mass is 16.5. The van der Waals surface area contributed by atoms with Gasteiger partial charge < -0.3 is 24.8 Å². The van der Waals surface area contributed by atoms with Gasteiger partial charge in [0.2, 0.25) is 0 Å². The largest absolute Gasteiger partial charge is 0.493 e. The molecule has 3 aliphatic rings. The first kappa shape index (κ1) is 29.0. The van der Waals surface area contributed by atoms with Crippen molar-refractivity contribution in [2.75, 3.05) is 52.5 Å². The number of rotatable bonds is 8. The third-order valence-electron chi connectivity index (χ3n) is 7.14. The fourth-order valence-corrected chi connectivity index (χ4v) is 5.45. The molecule has 2 saturated heterocycles. The summed E-state index contributed by atoms with van der Waals surface area (Å²) in [5, 5.41) is 24.3. The van der Waals surface area contributed by atoms with E-state index in [1.54, 1.807) is 0 Å². The second-order valence-corrected chi connectivity index (χ2v) is 9.41. The second-order valence-electron chi connectivity index (χ2n) is 9.41. The Balaban J connectivity index is 0.000000655. The topological polar surface area (TPSA) is 120 Å². The minimum atomic E-state index is -0.250. The Morgan fingerprint density at radius 1 is 1.00 bits per heavy atom. The number of nitrogens with zero attached hydrogens (tertiary/aromatic N) is 2. The Kier molecular flexibility index (Phi) is 13.7. The predicted octanol–water partition coefficient (Wildman–Crippen LogP) is 2.71. The summed E-state index contributed by atoms with van der Waals surface area (Å²) in [6.45, 7) is 8.39. The van der Waals surface area contributed by atoms with Gasteiger partial charge in [-0.05, 0) is 57.7 Å². The highest BCUT2D eigenvalue weighted by molar-refractivity contribution is 5.33. The van der Waals surface area contributed by atoms with Crippen LogP contribution in [0.3, 0.4) is 0 Å². The molecule has 0 bridgehead atoms. The lowest BCUT2D eigenvalue weighted by Crippen LogP contribution is -2.46. The third-order valence-corrected chi connectivity index (χ3v) is 7.14.